The van der Waals surface area contributed by atoms with Crippen molar-refractivity contribution in [1.82, 2.24) is 4.57 Å². The number of nitriles is 1. The van der Waals surface area contributed by atoms with Crippen LogP contribution in [0.3, 0.4) is 0 Å². The van der Waals surface area contributed by atoms with E-state index in [-0.39, 0.29) is 5.56 Å². The standard InChI is InChI=1S/C15H9BrN2OS/c1-9-4-2-3-5-11(9)18-13(19)7-6-10-14(16)12(8-17)20-15(10)18/h2-7H,1H3. The summed E-state index contributed by atoms with van der Waals surface area (Å²) >= 11 is 4.76. The molecule has 0 amide bonds. The summed E-state index contributed by atoms with van der Waals surface area (Å²) in [5.41, 5.74) is 1.77. The lowest BCUT2D eigenvalue weighted by Gasteiger charge is -2.09. The van der Waals surface area contributed by atoms with Crippen LogP contribution < -0.4 is 5.56 Å². The van der Waals surface area contributed by atoms with E-state index in [2.05, 4.69) is 22.0 Å². The van der Waals surface area contributed by atoms with Gasteiger partial charge in [-0.2, -0.15) is 5.26 Å². The molecular weight excluding hydrogens is 336 g/mol. The molecule has 0 spiro atoms. The van der Waals surface area contributed by atoms with Crippen molar-refractivity contribution < 1.29 is 0 Å². The third-order valence-corrected chi connectivity index (χ3v) is 5.32. The van der Waals surface area contributed by atoms with Gasteiger partial charge in [0.15, 0.2) is 0 Å². The van der Waals surface area contributed by atoms with Gasteiger partial charge in [0.05, 0.1) is 10.2 Å². The fraction of sp³-hybridized carbons (Fsp3) is 0.0667. The molecular formula is C15H9BrN2OS. The number of para-hydroxylation sites is 1. The van der Waals surface area contributed by atoms with Crippen LogP contribution in [0.2, 0.25) is 0 Å². The second-order valence-electron chi connectivity index (χ2n) is 4.37. The normalized spacial score (nSPS) is 10.7. The predicted octanol–water partition coefficient (Wildman–Crippen LogP) is 3.99. The first kappa shape index (κ1) is 13.1. The van der Waals surface area contributed by atoms with Crippen LogP contribution in [0.15, 0.2) is 45.7 Å². The maximum absolute atomic E-state index is 12.3. The van der Waals surface area contributed by atoms with Gasteiger partial charge in [-0.15, -0.1) is 11.3 Å². The minimum atomic E-state index is -0.0926. The molecule has 0 radical (unpaired) electrons. The summed E-state index contributed by atoms with van der Waals surface area (Å²) < 4.78 is 2.42. The van der Waals surface area contributed by atoms with Crippen molar-refractivity contribution in [2.24, 2.45) is 0 Å². The van der Waals surface area contributed by atoms with Crippen LogP contribution in [0, 0.1) is 18.3 Å². The Morgan fingerprint density at radius 2 is 2.00 bits per heavy atom. The van der Waals surface area contributed by atoms with E-state index in [0.29, 0.717) is 4.88 Å². The maximum atomic E-state index is 12.3. The second-order valence-corrected chi connectivity index (χ2v) is 6.16. The Morgan fingerprint density at radius 1 is 1.25 bits per heavy atom. The van der Waals surface area contributed by atoms with Crippen LogP contribution in [-0.2, 0) is 0 Å². The van der Waals surface area contributed by atoms with Crippen molar-refractivity contribution in [2.45, 2.75) is 6.92 Å². The number of fused-ring (bicyclic) bond motifs is 1. The van der Waals surface area contributed by atoms with E-state index >= 15 is 0 Å². The maximum Gasteiger partial charge on any atom is 0.256 e. The third kappa shape index (κ3) is 1.89. The van der Waals surface area contributed by atoms with Gasteiger partial charge in [-0.05, 0) is 40.5 Å². The first-order valence-electron chi connectivity index (χ1n) is 5.93. The number of pyridine rings is 1. The topological polar surface area (TPSA) is 45.8 Å². The lowest BCUT2D eigenvalue weighted by Crippen LogP contribution is -2.17. The van der Waals surface area contributed by atoms with Crippen LogP contribution in [0.25, 0.3) is 15.9 Å². The summed E-state index contributed by atoms with van der Waals surface area (Å²) in [7, 11) is 0. The zero-order chi connectivity index (χ0) is 14.3. The van der Waals surface area contributed by atoms with Gasteiger partial charge in [0.1, 0.15) is 15.8 Å². The first-order chi connectivity index (χ1) is 9.63. The summed E-state index contributed by atoms with van der Waals surface area (Å²) in [6, 6.07) is 13.2. The van der Waals surface area contributed by atoms with Gasteiger partial charge in [-0.25, -0.2) is 0 Å². The molecule has 0 fully saturated rings. The van der Waals surface area contributed by atoms with Crippen LogP contribution in [0.1, 0.15) is 10.4 Å². The number of halogens is 1. The first-order valence-corrected chi connectivity index (χ1v) is 7.54. The zero-order valence-electron chi connectivity index (χ0n) is 10.6. The van der Waals surface area contributed by atoms with Crippen LogP contribution in [0.5, 0.6) is 0 Å². The van der Waals surface area contributed by atoms with Gasteiger partial charge < -0.3 is 0 Å². The molecule has 0 unspecified atom stereocenters. The monoisotopic (exact) mass is 344 g/mol. The van der Waals surface area contributed by atoms with Crippen molar-refractivity contribution in [3.63, 3.8) is 0 Å². The van der Waals surface area contributed by atoms with E-state index in [0.717, 1.165) is 25.9 Å². The zero-order valence-corrected chi connectivity index (χ0v) is 13.0. The fourth-order valence-electron chi connectivity index (χ4n) is 2.17. The number of hydrogen-bond acceptors (Lipinski definition) is 3. The predicted molar refractivity (Wildman–Crippen MR) is 84.6 cm³/mol. The summed E-state index contributed by atoms with van der Waals surface area (Å²) in [6.45, 7) is 1.97. The van der Waals surface area contributed by atoms with E-state index in [1.165, 1.54) is 17.4 Å². The highest BCUT2D eigenvalue weighted by Gasteiger charge is 2.15. The number of thiophene rings is 1. The number of aryl methyl sites for hydroxylation is 1. The average molecular weight is 345 g/mol. The number of nitrogens with zero attached hydrogens (tertiary/aromatic N) is 2. The average Bonchev–Trinajstić information content (AvgIpc) is 2.77. The van der Waals surface area contributed by atoms with Crippen molar-refractivity contribution in [3.8, 4) is 11.8 Å². The van der Waals surface area contributed by atoms with Crippen molar-refractivity contribution in [3.05, 3.63) is 61.7 Å². The molecule has 2 aromatic heterocycles. The summed E-state index contributed by atoms with van der Waals surface area (Å²) in [6.07, 6.45) is 0. The van der Waals surface area contributed by atoms with Gasteiger partial charge in [0.25, 0.3) is 5.56 Å². The molecule has 5 heteroatoms. The molecule has 2 heterocycles. The van der Waals surface area contributed by atoms with Crippen molar-refractivity contribution >= 4 is 37.5 Å². The van der Waals surface area contributed by atoms with Crippen LogP contribution in [0.4, 0.5) is 0 Å². The number of aromatic nitrogens is 1. The fourth-order valence-corrected chi connectivity index (χ4v) is 3.95. The summed E-state index contributed by atoms with van der Waals surface area (Å²) in [5, 5.41) is 10.0. The van der Waals surface area contributed by atoms with Crippen molar-refractivity contribution in [2.75, 3.05) is 0 Å². The lowest BCUT2D eigenvalue weighted by atomic mass is 10.2. The Labute approximate surface area is 127 Å². The molecule has 0 saturated heterocycles. The van der Waals surface area contributed by atoms with E-state index in [4.69, 9.17) is 5.26 Å². The Bertz CT molecular complexity index is 918. The summed E-state index contributed by atoms with van der Waals surface area (Å²) in [4.78, 5) is 13.6. The quantitative estimate of drug-likeness (QED) is 0.669. The van der Waals surface area contributed by atoms with Gasteiger partial charge in [-0.1, -0.05) is 18.2 Å². The van der Waals surface area contributed by atoms with Crippen molar-refractivity contribution in [1.29, 1.82) is 5.26 Å². The molecule has 98 valence electrons. The molecule has 0 aliphatic rings. The Balaban J connectivity index is 2.48. The molecule has 0 N–H and O–H groups in total. The SMILES string of the molecule is Cc1ccccc1-n1c(=O)ccc2c(Br)c(C#N)sc21. The van der Waals surface area contributed by atoms with Gasteiger partial charge in [0, 0.05) is 11.5 Å². The Hall–Kier alpha value is -1.90. The van der Waals surface area contributed by atoms with E-state index in [9.17, 15) is 4.79 Å². The third-order valence-electron chi connectivity index (χ3n) is 3.14. The molecule has 0 atom stereocenters. The summed E-state index contributed by atoms with van der Waals surface area (Å²) in [5.74, 6) is 0. The number of rotatable bonds is 1. The smallest absolute Gasteiger partial charge is 0.256 e. The number of hydrogen-bond donors (Lipinski definition) is 0. The molecule has 20 heavy (non-hydrogen) atoms. The lowest BCUT2D eigenvalue weighted by molar-refractivity contribution is 1.04. The molecule has 3 rings (SSSR count). The van der Waals surface area contributed by atoms with Crippen LogP contribution in [-0.4, -0.2) is 4.57 Å². The van der Waals surface area contributed by atoms with Gasteiger partial charge in [0.2, 0.25) is 0 Å². The van der Waals surface area contributed by atoms with E-state index < -0.39 is 0 Å². The Morgan fingerprint density at radius 3 is 2.70 bits per heavy atom. The number of benzene rings is 1. The molecule has 3 nitrogen and oxygen atoms in total. The van der Waals surface area contributed by atoms with Crippen LogP contribution >= 0.6 is 27.3 Å². The molecule has 3 aromatic rings. The molecule has 0 aliphatic carbocycles. The molecule has 1 aromatic carbocycles. The highest BCUT2D eigenvalue weighted by atomic mass is 79.9. The minimum absolute atomic E-state index is 0.0926. The second kappa shape index (κ2) is 4.89. The molecule has 0 bridgehead atoms. The largest absolute Gasteiger partial charge is 0.269 e. The van der Waals surface area contributed by atoms with Gasteiger partial charge in [-0.3, -0.25) is 9.36 Å². The molecule has 0 aliphatic heterocycles. The highest BCUT2D eigenvalue weighted by Crippen LogP contribution is 2.35. The highest BCUT2D eigenvalue weighted by molar-refractivity contribution is 9.10. The van der Waals surface area contributed by atoms with E-state index in [1.54, 1.807) is 10.6 Å². The molecule has 0 saturated carbocycles. The Kier molecular flexibility index (Phi) is 3.20. The van der Waals surface area contributed by atoms with Gasteiger partial charge >= 0.3 is 0 Å². The van der Waals surface area contributed by atoms with E-state index in [1.807, 2.05) is 31.2 Å². The minimum Gasteiger partial charge on any atom is -0.269 e.